The minimum absolute atomic E-state index is 0.0688. The third kappa shape index (κ3) is 5.17. The van der Waals surface area contributed by atoms with Gasteiger partial charge in [-0.2, -0.15) is 23.1 Å². The smallest absolute Gasteiger partial charge is 0.417 e. The van der Waals surface area contributed by atoms with Crippen LogP contribution in [-0.2, 0) is 6.18 Å². The number of rotatable bonds is 7. The molecule has 3 N–H and O–H groups in total. The number of nitrogens with one attached hydrogen (secondary N) is 1. The second kappa shape index (κ2) is 10.5. The van der Waals surface area contributed by atoms with Crippen LogP contribution >= 0.6 is 0 Å². The van der Waals surface area contributed by atoms with Gasteiger partial charge < -0.3 is 25.4 Å². The molecule has 1 aromatic carbocycles. The lowest BCUT2D eigenvalue weighted by molar-refractivity contribution is -0.137. The van der Waals surface area contributed by atoms with Gasteiger partial charge in [-0.05, 0) is 58.6 Å². The number of nitrogens with zero attached hydrogens (tertiary/aromatic N) is 5. The molecule has 0 radical (unpaired) electrons. The van der Waals surface area contributed by atoms with Crippen LogP contribution in [0.2, 0.25) is 0 Å². The van der Waals surface area contributed by atoms with E-state index >= 15 is 4.39 Å². The molecule has 0 bridgehead atoms. The molecule has 3 fully saturated rings. The summed E-state index contributed by atoms with van der Waals surface area (Å²) >= 11 is 0. The second-order valence-electron chi connectivity index (χ2n) is 14.0. The topological polar surface area (TPSA) is 101 Å². The van der Waals surface area contributed by atoms with E-state index in [0.29, 0.717) is 25.5 Å². The van der Waals surface area contributed by atoms with Gasteiger partial charge >= 0.3 is 12.2 Å². The molecule has 2 saturated heterocycles. The molecule has 0 spiro atoms. The number of fused-ring (bicyclic) bond motifs is 2. The first-order valence-electron chi connectivity index (χ1n) is 15.7. The fraction of sp³-hybridized carbons (Fsp3) is 0.594. The lowest BCUT2D eigenvalue weighted by atomic mass is 9.96. The first kappa shape index (κ1) is 31.1. The Morgan fingerprint density at radius 3 is 2.50 bits per heavy atom. The fourth-order valence-electron chi connectivity index (χ4n) is 6.89. The fourth-order valence-corrected chi connectivity index (χ4v) is 6.89. The molecule has 0 amide bonds. The Morgan fingerprint density at radius 1 is 1.15 bits per heavy atom. The van der Waals surface area contributed by atoms with Crippen molar-refractivity contribution in [2.45, 2.75) is 83.8 Å². The summed E-state index contributed by atoms with van der Waals surface area (Å²) in [5, 5.41) is 3.65. The van der Waals surface area contributed by atoms with Crippen LogP contribution in [0.15, 0.2) is 6.07 Å². The number of piperazine rings is 1. The Bertz CT molecular complexity index is 1730. The van der Waals surface area contributed by atoms with E-state index < -0.39 is 52.0 Å². The summed E-state index contributed by atoms with van der Waals surface area (Å²) in [6.07, 6.45) is -2.76. The molecule has 14 heteroatoms. The molecule has 4 atom stereocenters. The normalized spacial score (nSPS) is 25.9. The Kier molecular flexibility index (Phi) is 7.09. The summed E-state index contributed by atoms with van der Waals surface area (Å²) in [6, 6.07) is 0.552. The van der Waals surface area contributed by atoms with Gasteiger partial charge in [-0.3, -0.25) is 4.90 Å². The van der Waals surface area contributed by atoms with Gasteiger partial charge in [0.15, 0.2) is 5.82 Å². The van der Waals surface area contributed by atoms with Crippen molar-refractivity contribution in [1.82, 2.24) is 25.2 Å². The van der Waals surface area contributed by atoms with E-state index in [9.17, 15) is 17.6 Å². The average molecular weight is 648 g/mol. The lowest BCUT2D eigenvalue weighted by Crippen LogP contribution is -2.60. The molecule has 3 aromatic rings. The molecule has 248 valence electrons. The van der Waals surface area contributed by atoms with E-state index in [1.165, 1.54) is 0 Å². The minimum atomic E-state index is -5.03. The highest BCUT2D eigenvalue weighted by molar-refractivity contribution is 5.97. The lowest BCUT2D eigenvalue weighted by Gasteiger charge is -2.42. The van der Waals surface area contributed by atoms with Crippen molar-refractivity contribution in [3.63, 3.8) is 0 Å². The Balaban J connectivity index is 1.40. The van der Waals surface area contributed by atoms with Crippen LogP contribution in [0.4, 0.5) is 33.5 Å². The summed E-state index contributed by atoms with van der Waals surface area (Å²) in [5.41, 5.74) is 1.48. The van der Waals surface area contributed by atoms with Crippen molar-refractivity contribution in [1.29, 1.82) is 0 Å². The summed E-state index contributed by atoms with van der Waals surface area (Å²) in [7, 11) is 0. The number of nitrogens with two attached hydrogens (primary N) is 1. The number of aromatic nitrogens is 3. The molecule has 3 aliphatic heterocycles. The zero-order chi connectivity index (χ0) is 32.9. The van der Waals surface area contributed by atoms with E-state index in [4.69, 9.17) is 20.2 Å². The quantitative estimate of drug-likeness (QED) is 0.197. The van der Waals surface area contributed by atoms with Gasteiger partial charge in [-0.25, -0.2) is 13.8 Å². The predicted octanol–water partition coefficient (Wildman–Crippen LogP) is 5.47. The third-order valence-corrected chi connectivity index (χ3v) is 10.1. The first-order chi connectivity index (χ1) is 21.6. The zero-order valence-electron chi connectivity index (χ0n) is 26.5. The van der Waals surface area contributed by atoms with Crippen molar-refractivity contribution in [3.8, 4) is 23.1 Å². The number of hydrogen-bond donors (Lipinski definition) is 2. The van der Waals surface area contributed by atoms with Crippen LogP contribution in [-0.4, -0.2) is 76.4 Å². The first-order valence-corrected chi connectivity index (χ1v) is 15.7. The Morgan fingerprint density at radius 2 is 1.87 bits per heavy atom. The Labute approximate surface area is 263 Å². The van der Waals surface area contributed by atoms with Gasteiger partial charge in [0, 0.05) is 48.7 Å². The van der Waals surface area contributed by atoms with E-state index in [2.05, 4.69) is 41.0 Å². The van der Waals surface area contributed by atoms with Crippen LogP contribution in [0, 0.1) is 24.0 Å². The molecule has 4 aliphatic rings. The second-order valence-corrected chi connectivity index (χ2v) is 14.0. The van der Waals surface area contributed by atoms with Crippen LogP contribution in [0.5, 0.6) is 11.9 Å². The molecule has 5 heterocycles. The summed E-state index contributed by atoms with van der Waals surface area (Å²) in [5.74, 6) is -2.12. The molecule has 1 unspecified atom stereocenters. The molecular weight excluding hydrogens is 609 g/mol. The van der Waals surface area contributed by atoms with Crippen LogP contribution in [0.25, 0.3) is 22.2 Å². The Hall–Kier alpha value is -3.52. The number of anilines is 2. The maximum absolute atomic E-state index is 16.7. The maximum atomic E-state index is 16.7. The highest BCUT2D eigenvalue weighted by atomic mass is 19.4. The van der Waals surface area contributed by atoms with Gasteiger partial charge in [0.1, 0.15) is 34.3 Å². The highest BCUT2D eigenvalue weighted by Crippen LogP contribution is 2.51. The number of nitrogen functional groups attached to an aromatic ring is 1. The van der Waals surface area contributed by atoms with Gasteiger partial charge in [-0.15, -0.1) is 0 Å². The van der Waals surface area contributed by atoms with Crippen molar-refractivity contribution >= 4 is 22.4 Å². The van der Waals surface area contributed by atoms with E-state index in [1.54, 1.807) is 0 Å². The van der Waals surface area contributed by atoms with Gasteiger partial charge in [0.25, 0.3) is 0 Å². The van der Waals surface area contributed by atoms with Crippen molar-refractivity contribution in [2.75, 3.05) is 43.4 Å². The van der Waals surface area contributed by atoms with Crippen molar-refractivity contribution in [3.05, 3.63) is 28.8 Å². The van der Waals surface area contributed by atoms with Crippen molar-refractivity contribution in [2.24, 2.45) is 5.41 Å². The maximum Gasteiger partial charge on any atom is 0.417 e. The molecule has 2 aromatic heterocycles. The summed E-state index contributed by atoms with van der Waals surface area (Å²) < 4.78 is 87.0. The largest absolute Gasteiger partial charge is 0.472 e. The zero-order valence-corrected chi connectivity index (χ0v) is 26.5. The average Bonchev–Trinajstić information content (AvgIpc) is 3.90. The number of hydrogen-bond acceptors (Lipinski definition) is 9. The number of alkyl halides is 3. The van der Waals surface area contributed by atoms with Crippen LogP contribution in [0.3, 0.4) is 0 Å². The number of benzene rings is 1. The molecule has 1 saturated carbocycles. The number of pyridine rings is 1. The van der Waals surface area contributed by atoms with Gasteiger partial charge in [0.2, 0.25) is 5.88 Å². The molecule has 7 rings (SSSR count). The van der Waals surface area contributed by atoms with E-state index in [1.807, 2.05) is 11.8 Å². The monoisotopic (exact) mass is 647 g/mol. The number of halogens is 5. The summed E-state index contributed by atoms with van der Waals surface area (Å²) in [4.78, 5) is 18.0. The molecule has 46 heavy (non-hydrogen) atoms. The predicted molar refractivity (Wildman–Crippen MR) is 163 cm³/mol. The molecule has 9 nitrogen and oxygen atoms in total. The number of ether oxygens (including phenoxy) is 2. The van der Waals surface area contributed by atoms with Crippen molar-refractivity contribution < 1.29 is 31.4 Å². The molecular formula is C32H38F5N7O2. The van der Waals surface area contributed by atoms with Gasteiger partial charge in [-0.1, -0.05) is 6.92 Å². The van der Waals surface area contributed by atoms with E-state index in [0.717, 1.165) is 45.3 Å². The summed E-state index contributed by atoms with van der Waals surface area (Å²) in [6.45, 7) is 12.5. The van der Waals surface area contributed by atoms with Crippen LogP contribution < -0.4 is 25.4 Å². The minimum Gasteiger partial charge on any atom is -0.472 e. The highest BCUT2D eigenvalue weighted by Gasteiger charge is 2.53. The van der Waals surface area contributed by atoms with E-state index in [-0.39, 0.29) is 45.8 Å². The van der Waals surface area contributed by atoms with Gasteiger partial charge in [0.05, 0.1) is 23.9 Å². The SMILES string of the molecule is CC[C@@H]1CN2c3nc(OCC4(CN5CC5(C)C)CC4)nc4c(F)c(-c5cc(N)c(F)c(C)c5C(F)(F)F)nc(c34)O[C@@H](C)[C@@H]2CN1. The molecule has 1 aliphatic carbocycles. The van der Waals surface area contributed by atoms with Crippen LogP contribution in [0.1, 0.15) is 58.1 Å². The standard InChI is InChI=1S/C32H38F5N7O2/c1-6-17-11-44-20(10-39-17)16(3)46-28-21-26(24(34)25(40-28)18-9-19(38)23(33)15(2)22(18)32(35,36)37)41-29(42-27(21)44)45-14-31(7-8-31)13-43-12-30(43,4)5/h9,16-17,20,39H,6-8,10-14,38H2,1-5H3/t16-,17+,20-,43?/m0/s1. The third-order valence-electron chi connectivity index (χ3n) is 10.1.